The molecule has 0 spiro atoms. The number of rotatable bonds is 5. The minimum atomic E-state index is -0.614. The van der Waals surface area contributed by atoms with Crippen LogP contribution in [-0.4, -0.2) is 14.7 Å². The van der Waals surface area contributed by atoms with Crippen molar-refractivity contribution in [1.29, 1.82) is 0 Å². The lowest BCUT2D eigenvalue weighted by molar-refractivity contribution is 0.157. The summed E-state index contributed by atoms with van der Waals surface area (Å²) >= 11 is 0. The molecule has 4 aromatic rings. The normalized spacial score (nSPS) is 12.0. The topological polar surface area (TPSA) is 64.1 Å². The van der Waals surface area contributed by atoms with Crippen LogP contribution in [0.25, 0.3) is 22.5 Å². The number of aliphatic hydroxyl groups is 1. The molecular formula is C23H21N3O. The van der Waals surface area contributed by atoms with Gasteiger partial charge in [0.2, 0.25) is 0 Å². The fourth-order valence-electron chi connectivity index (χ4n) is 3.24. The lowest BCUT2D eigenvalue weighted by atomic mass is 10.0. The maximum absolute atomic E-state index is 10.7. The number of anilines is 1. The van der Waals surface area contributed by atoms with Crippen LogP contribution in [0.15, 0.2) is 91.3 Å². The largest absolute Gasteiger partial charge is 0.399 e. The van der Waals surface area contributed by atoms with Crippen LogP contribution >= 0.6 is 0 Å². The first kappa shape index (κ1) is 17.1. The van der Waals surface area contributed by atoms with Gasteiger partial charge in [-0.05, 0) is 17.7 Å². The monoisotopic (exact) mass is 355 g/mol. The van der Waals surface area contributed by atoms with Crippen molar-refractivity contribution >= 4 is 5.69 Å². The fraction of sp³-hybridized carbons (Fsp3) is 0.0870. The molecule has 0 amide bonds. The Labute approximate surface area is 158 Å². The van der Waals surface area contributed by atoms with Crippen LogP contribution in [-0.2, 0) is 6.54 Å². The Balaban J connectivity index is 1.77. The van der Waals surface area contributed by atoms with Crippen molar-refractivity contribution in [2.45, 2.75) is 12.6 Å². The van der Waals surface area contributed by atoms with E-state index in [0.29, 0.717) is 6.54 Å². The van der Waals surface area contributed by atoms with E-state index < -0.39 is 6.10 Å². The highest BCUT2D eigenvalue weighted by Gasteiger charge is 2.17. The van der Waals surface area contributed by atoms with Crippen molar-refractivity contribution in [2.24, 2.45) is 0 Å². The number of nitrogens with zero attached hydrogens (tertiary/aromatic N) is 2. The molecule has 3 aromatic carbocycles. The highest BCUT2D eigenvalue weighted by atomic mass is 16.3. The van der Waals surface area contributed by atoms with Gasteiger partial charge in [-0.1, -0.05) is 72.8 Å². The number of nitrogens with two attached hydrogens (primary N) is 1. The van der Waals surface area contributed by atoms with Gasteiger partial charge in [0.25, 0.3) is 0 Å². The van der Waals surface area contributed by atoms with Gasteiger partial charge in [-0.3, -0.25) is 0 Å². The van der Waals surface area contributed by atoms with Gasteiger partial charge < -0.3 is 15.4 Å². The van der Waals surface area contributed by atoms with Gasteiger partial charge in [0.1, 0.15) is 0 Å². The van der Waals surface area contributed by atoms with Crippen molar-refractivity contribution in [3.8, 4) is 22.5 Å². The molecule has 0 aliphatic heterocycles. The first-order chi connectivity index (χ1) is 13.2. The van der Waals surface area contributed by atoms with Crippen molar-refractivity contribution in [2.75, 3.05) is 5.73 Å². The van der Waals surface area contributed by atoms with Gasteiger partial charge in [-0.25, -0.2) is 4.98 Å². The van der Waals surface area contributed by atoms with Gasteiger partial charge in [0.15, 0.2) is 0 Å². The molecule has 0 aliphatic rings. The van der Waals surface area contributed by atoms with Gasteiger partial charge in [0.05, 0.1) is 30.4 Å². The highest BCUT2D eigenvalue weighted by Crippen LogP contribution is 2.32. The predicted octanol–water partition coefficient (Wildman–Crippen LogP) is 4.53. The van der Waals surface area contributed by atoms with Crippen LogP contribution in [0.3, 0.4) is 0 Å². The Hall–Kier alpha value is -3.37. The smallest absolute Gasteiger partial charge is 0.0969 e. The molecule has 0 saturated carbocycles. The average Bonchev–Trinajstić information content (AvgIpc) is 3.13. The molecule has 0 saturated heterocycles. The molecule has 0 bridgehead atoms. The lowest BCUT2D eigenvalue weighted by Gasteiger charge is -2.15. The number of aliphatic hydroxyl groups excluding tert-OH is 1. The predicted molar refractivity (Wildman–Crippen MR) is 109 cm³/mol. The molecule has 27 heavy (non-hydrogen) atoms. The van der Waals surface area contributed by atoms with Crippen LogP contribution in [0.1, 0.15) is 11.7 Å². The molecule has 1 atom stereocenters. The van der Waals surface area contributed by atoms with E-state index in [1.165, 1.54) is 0 Å². The Morgan fingerprint density at radius 2 is 1.44 bits per heavy atom. The first-order valence-corrected chi connectivity index (χ1v) is 8.92. The van der Waals surface area contributed by atoms with Crippen molar-refractivity contribution in [1.82, 2.24) is 9.55 Å². The van der Waals surface area contributed by atoms with E-state index in [1.54, 1.807) is 6.33 Å². The summed E-state index contributed by atoms with van der Waals surface area (Å²) in [5, 5.41) is 10.7. The van der Waals surface area contributed by atoms with Crippen molar-refractivity contribution < 1.29 is 5.11 Å². The zero-order valence-corrected chi connectivity index (χ0v) is 14.9. The van der Waals surface area contributed by atoms with Crippen LogP contribution in [0.5, 0.6) is 0 Å². The number of hydrogen-bond donors (Lipinski definition) is 2. The molecule has 1 unspecified atom stereocenters. The average molecular weight is 355 g/mol. The van der Waals surface area contributed by atoms with Crippen molar-refractivity contribution in [3.63, 3.8) is 0 Å². The number of hydrogen-bond acceptors (Lipinski definition) is 3. The summed E-state index contributed by atoms with van der Waals surface area (Å²) in [4.78, 5) is 4.65. The second-order valence-corrected chi connectivity index (χ2v) is 6.51. The third-order valence-electron chi connectivity index (χ3n) is 4.62. The molecule has 4 nitrogen and oxygen atoms in total. The number of nitrogen functional groups attached to an aromatic ring is 1. The summed E-state index contributed by atoms with van der Waals surface area (Å²) in [7, 11) is 0. The molecule has 4 heteroatoms. The molecule has 0 aliphatic carbocycles. The van der Waals surface area contributed by atoms with E-state index in [2.05, 4.69) is 4.98 Å². The summed E-state index contributed by atoms with van der Waals surface area (Å²) in [6.07, 6.45) is 1.18. The number of aromatic nitrogens is 2. The van der Waals surface area contributed by atoms with Crippen LogP contribution < -0.4 is 5.73 Å². The SMILES string of the molecule is Nc1ccc(-c2c(-c3ccccc3)ncn2CC(O)c2ccccc2)cc1. The molecule has 134 valence electrons. The number of imidazole rings is 1. The quantitative estimate of drug-likeness (QED) is 0.517. The summed E-state index contributed by atoms with van der Waals surface area (Å²) in [6.45, 7) is 0.420. The van der Waals surface area contributed by atoms with E-state index in [4.69, 9.17) is 5.73 Å². The Bertz CT molecular complexity index is 1010. The van der Waals surface area contributed by atoms with Crippen LogP contribution in [0.2, 0.25) is 0 Å². The second kappa shape index (κ2) is 7.48. The van der Waals surface area contributed by atoms with Gasteiger partial charge in [-0.15, -0.1) is 0 Å². The van der Waals surface area contributed by atoms with E-state index in [1.807, 2.05) is 89.5 Å². The summed E-state index contributed by atoms with van der Waals surface area (Å²) in [5.74, 6) is 0. The standard InChI is InChI=1S/C23H21N3O/c24-20-13-11-19(12-14-20)23-22(18-9-5-2-6-10-18)25-16-26(23)15-21(27)17-7-3-1-4-8-17/h1-14,16,21,27H,15,24H2. The van der Waals surface area contributed by atoms with Gasteiger partial charge in [0, 0.05) is 16.8 Å². The van der Waals surface area contributed by atoms with Crippen molar-refractivity contribution in [3.05, 3.63) is 96.8 Å². The molecule has 0 fully saturated rings. The van der Waals surface area contributed by atoms with E-state index >= 15 is 0 Å². The van der Waals surface area contributed by atoms with E-state index in [0.717, 1.165) is 33.8 Å². The summed E-state index contributed by atoms with van der Waals surface area (Å²) in [6, 6.07) is 27.5. The van der Waals surface area contributed by atoms with Crippen LogP contribution in [0, 0.1) is 0 Å². The zero-order valence-electron chi connectivity index (χ0n) is 14.9. The highest BCUT2D eigenvalue weighted by molar-refractivity contribution is 5.79. The molecule has 3 N–H and O–H groups in total. The minimum Gasteiger partial charge on any atom is -0.399 e. The molecule has 1 heterocycles. The Kier molecular flexibility index (Phi) is 4.73. The third kappa shape index (κ3) is 3.61. The minimum absolute atomic E-state index is 0.420. The maximum atomic E-state index is 10.7. The maximum Gasteiger partial charge on any atom is 0.0969 e. The Morgan fingerprint density at radius 1 is 0.815 bits per heavy atom. The summed E-state index contributed by atoms with van der Waals surface area (Å²) < 4.78 is 2.01. The molecular weight excluding hydrogens is 334 g/mol. The first-order valence-electron chi connectivity index (χ1n) is 8.92. The fourth-order valence-corrected chi connectivity index (χ4v) is 3.24. The molecule has 1 aromatic heterocycles. The third-order valence-corrected chi connectivity index (χ3v) is 4.62. The lowest BCUT2D eigenvalue weighted by Crippen LogP contribution is -2.09. The molecule has 0 radical (unpaired) electrons. The van der Waals surface area contributed by atoms with E-state index in [9.17, 15) is 5.11 Å². The van der Waals surface area contributed by atoms with Gasteiger partial charge in [-0.2, -0.15) is 0 Å². The molecule has 4 rings (SSSR count). The summed E-state index contributed by atoms with van der Waals surface area (Å²) in [5.41, 5.74) is 11.4. The number of benzene rings is 3. The second-order valence-electron chi connectivity index (χ2n) is 6.51. The van der Waals surface area contributed by atoms with Gasteiger partial charge >= 0.3 is 0 Å². The van der Waals surface area contributed by atoms with E-state index in [-0.39, 0.29) is 0 Å². The zero-order chi connectivity index (χ0) is 18.6. The van der Waals surface area contributed by atoms with Crippen LogP contribution in [0.4, 0.5) is 5.69 Å². The Morgan fingerprint density at radius 3 is 2.11 bits per heavy atom.